The van der Waals surface area contributed by atoms with Crippen molar-refractivity contribution in [1.82, 2.24) is 10.6 Å². The standard InChI is InChI=1S/C22H28N2O5/c1-27-13-14-28-20-10-5-9-19(15-20)16-24-21(25)11-6-12-23-22(26)29-17-18-7-3-2-4-8-18/h2-5,7-10,15H,6,11-14,16-17H2,1H3,(H,23,26)(H,24,25). The van der Waals surface area contributed by atoms with Crippen LogP contribution < -0.4 is 15.4 Å². The van der Waals surface area contributed by atoms with Crippen molar-refractivity contribution in [2.75, 3.05) is 26.9 Å². The molecule has 2 rings (SSSR count). The van der Waals surface area contributed by atoms with Gasteiger partial charge >= 0.3 is 6.09 Å². The molecule has 0 aliphatic carbocycles. The number of ether oxygens (including phenoxy) is 3. The Morgan fingerprint density at radius 3 is 2.52 bits per heavy atom. The number of rotatable bonds is 12. The smallest absolute Gasteiger partial charge is 0.407 e. The van der Waals surface area contributed by atoms with Crippen LogP contribution in [-0.4, -0.2) is 38.9 Å². The lowest BCUT2D eigenvalue weighted by molar-refractivity contribution is -0.121. The van der Waals surface area contributed by atoms with Gasteiger partial charge in [0, 0.05) is 26.6 Å². The van der Waals surface area contributed by atoms with Crippen molar-refractivity contribution in [3.8, 4) is 5.75 Å². The minimum absolute atomic E-state index is 0.0739. The summed E-state index contributed by atoms with van der Waals surface area (Å²) in [6, 6.07) is 17.0. The first-order valence-electron chi connectivity index (χ1n) is 9.59. The number of methoxy groups -OCH3 is 1. The molecule has 0 saturated heterocycles. The van der Waals surface area contributed by atoms with E-state index in [-0.39, 0.29) is 12.5 Å². The predicted octanol–water partition coefficient (Wildman–Crippen LogP) is 3.03. The van der Waals surface area contributed by atoms with Gasteiger partial charge in [-0.05, 0) is 29.7 Å². The van der Waals surface area contributed by atoms with Crippen molar-refractivity contribution in [3.05, 3.63) is 65.7 Å². The van der Waals surface area contributed by atoms with Crippen LogP contribution in [0.3, 0.4) is 0 Å². The summed E-state index contributed by atoms with van der Waals surface area (Å²) in [5.41, 5.74) is 1.88. The van der Waals surface area contributed by atoms with Gasteiger partial charge in [-0.15, -0.1) is 0 Å². The van der Waals surface area contributed by atoms with Gasteiger partial charge in [-0.3, -0.25) is 4.79 Å². The highest BCUT2D eigenvalue weighted by molar-refractivity contribution is 5.76. The summed E-state index contributed by atoms with van der Waals surface area (Å²) in [5.74, 6) is 0.669. The van der Waals surface area contributed by atoms with Gasteiger partial charge in [0.2, 0.25) is 5.91 Å². The van der Waals surface area contributed by atoms with Crippen LogP contribution in [0, 0.1) is 0 Å². The van der Waals surface area contributed by atoms with Crippen LogP contribution in [0.15, 0.2) is 54.6 Å². The topological polar surface area (TPSA) is 85.9 Å². The van der Waals surface area contributed by atoms with Crippen LogP contribution >= 0.6 is 0 Å². The van der Waals surface area contributed by atoms with E-state index < -0.39 is 6.09 Å². The number of carbonyl (C=O) groups is 2. The lowest BCUT2D eigenvalue weighted by Crippen LogP contribution is -2.27. The summed E-state index contributed by atoms with van der Waals surface area (Å²) in [4.78, 5) is 23.6. The molecule has 0 aliphatic rings. The lowest BCUT2D eigenvalue weighted by atomic mass is 10.2. The van der Waals surface area contributed by atoms with Crippen molar-refractivity contribution < 1.29 is 23.8 Å². The van der Waals surface area contributed by atoms with Gasteiger partial charge in [0.1, 0.15) is 19.0 Å². The highest BCUT2D eigenvalue weighted by Crippen LogP contribution is 2.13. The largest absolute Gasteiger partial charge is 0.491 e. The Morgan fingerprint density at radius 2 is 1.72 bits per heavy atom. The Kier molecular flexibility index (Phi) is 10.1. The molecular weight excluding hydrogens is 372 g/mol. The van der Waals surface area contributed by atoms with Gasteiger partial charge in [0.05, 0.1) is 6.61 Å². The van der Waals surface area contributed by atoms with E-state index in [0.717, 1.165) is 16.9 Å². The van der Waals surface area contributed by atoms with Gasteiger partial charge in [0.15, 0.2) is 0 Å². The molecule has 156 valence electrons. The molecule has 7 nitrogen and oxygen atoms in total. The van der Waals surface area contributed by atoms with Crippen LogP contribution in [0.5, 0.6) is 5.75 Å². The molecule has 2 aromatic rings. The summed E-state index contributed by atoms with van der Waals surface area (Å²) >= 11 is 0. The van der Waals surface area contributed by atoms with E-state index in [9.17, 15) is 9.59 Å². The fourth-order valence-corrected chi connectivity index (χ4v) is 2.49. The van der Waals surface area contributed by atoms with Gasteiger partial charge < -0.3 is 24.8 Å². The van der Waals surface area contributed by atoms with E-state index in [1.807, 2.05) is 54.6 Å². The van der Waals surface area contributed by atoms with E-state index in [2.05, 4.69) is 10.6 Å². The summed E-state index contributed by atoms with van der Waals surface area (Å²) in [6.45, 7) is 2.03. The number of nitrogens with one attached hydrogen (secondary N) is 2. The summed E-state index contributed by atoms with van der Waals surface area (Å²) in [6.07, 6.45) is 0.370. The summed E-state index contributed by atoms with van der Waals surface area (Å²) < 4.78 is 15.6. The predicted molar refractivity (Wildman–Crippen MR) is 110 cm³/mol. The summed E-state index contributed by atoms with van der Waals surface area (Å²) in [5, 5.41) is 5.51. The molecule has 0 aromatic heterocycles. The number of hydrogen-bond acceptors (Lipinski definition) is 5. The first-order chi connectivity index (χ1) is 14.2. The second-order valence-electron chi connectivity index (χ2n) is 6.36. The first-order valence-corrected chi connectivity index (χ1v) is 9.59. The SMILES string of the molecule is COCCOc1cccc(CNC(=O)CCCNC(=O)OCc2ccccc2)c1. The van der Waals surface area contributed by atoms with Crippen molar-refractivity contribution in [2.45, 2.75) is 26.0 Å². The van der Waals surface area contributed by atoms with E-state index in [1.165, 1.54) is 0 Å². The average Bonchev–Trinajstić information content (AvgIpc) is 2.75. The molecule has 0 saturated carbocycles. The van der Waals surface area contributed by atoms with Crippen LogP contribution in [0.2, 0.25) is 0 Å². The Balaban J connectivity index is 1.56. The minimum Gasteiger partial charge on any atom is -0.491 e. The molecule has 2 aromatic carbocycles. The molecule has 0 heterocycles. The molecule has 0 aliphatic heterocycles. The molecule has 0 spiro atoms. The molecule has 0 unspecified atom stereocenters. The quantitative estimate of drug-likeness (QED) is 0.535. The first kappa shape index (κ1) is 22.2. The molecular formula is C22H28N2O5. The Bertz CT molecular complexity index is 752. The van der Waals surface area contributed by atoms with Gasteiger partial charge in [-0.1, -0.05) is 42.5 Å². The third-order valence-corrected chi connectivity index (χ3v) is 4.01. The highest BCUT2D eigenvalue weighted by Gasteiger charge is 2.05. The monoisotopic (exact) mass is 400 g/mol. The summed E-state index contributed by atoms with van der Waals surface area (Å²) in [7, 11) is 1.62. The van der Waals surface area contributed by atoms with Crippen molar-refractivity contribution in [2.24, 2.45) is 0 Å². The third kappa shape index (κ3) is 9.62. The lowest BCUT2D eigenvalue weighted by Gasteiger charge is -2.09. The minimum atomic E-state index is -0.487. The van der Waals surface area contributed by atoms with Crippen LogP contribution in [0.1, 0.15) is 24.0 Å². The van der Waals surface area contributed by atoms with Gasteiger partial charge in [0.25, 0.3) is 0 Å². The van der Waals surface area contributed by atoms with E-state index in [4.69, 9.17) is 14.2 Å². The van der Waals surface area contributed by atoms with Crippen LogP contribution in [-0.2, 0) is 27.4 Å². The molecule has 0 atom stereocenters. The fraction of sp³-hybridized carbons (Fsp3) is 0.364. The van der Waals surface area contributed by atoms with Gasteiger partial charge in [-0.2, -0.15) is 0 Å². The number of hydrogen-bond donors (Lipinski definition) is 2. The zero-order valence-electron chi connectivity index (χ0n) is 16.7. The fourth-order valence-electron chi connectivity index (χ4n) is 2.49. The molecule has 2 amide bonds. The Morgan fingerprint density at radius 1 is 0.931 bits per heavy atom. The van der Waals surface area contributed by atoms with Crippen LogP contribution in [0.25, 0.3) is 0 Å². The molecule has 0 radical (unpaired) electrons. The normalized spacial score (nSPS) is 10.2. The zero-order valence-corrected chi connectivity index (χ0v) is 16.7. The van der Waals surface area contributed by atoms with Crippen LogP contribution in [0.4, 0.5) is 4.79 Å². The molecule has 0 fully saturated rings. The number of alkyl carbamates (subject to hydrolysis) is 1. The average molecular weight is 400 g/mol. The Hall–Kier alpha value is -3.06. The van der Waals surface area contributed by atoms with E-state index in [0.29, 0.717) is 39.1 Å². The Labute approximate surface area is 171 Å². The van der Waals surface area contributed by atoms with Crippen molar-refractivity contribution >= 4 is 12.0 Å². The second-order valence-corrected chi connectivity index (χ2v) is 6.36. The van der Waals surface area contributed by atoms with E-state index >= 15 is 0 Å². The molecule has 0 bridgehead atoms. The van der Waals surface area contributed by atoms with E-state index in [1.54, 1.807) is 7.11 Å². The number of amides is 2. The second kappa shape index (κ2) is 13.2. The maximum Gasteiger partial charge on any atom is 0.407 e. The highest BCUT2D eigenvalue weighted by atomic mass is 16.5. The van der Waals surface area contributed by atoms with Crippen molar-refractivity contribution in [1.29, 1.82) is 0 Å². The molecule has 29 heavy (non-hydrogen) atoms. The molecule has 7 heteroatoms. The maximum atomic E-state index is 12.0. The third-order valence-electron chi connectivity index (χ3n) is 4.01. The maximum absolute atomic E-state index is 12.0. The van der Waals surface area contributed by atoms with Gasteiger partial charge in [-0.25, -0.2) is 4.79 Å². The van der Waals surface area contributed by atoms with Crippen molar-refractivity contribution in [3.63, 3.8) is 0 Å². The zero-order chi connectivity index (χ0) is 20.7. The molecule has 2 N–H and O–H groups in total. The number of carbonyl (C=O) groups excluding carboxylic acids is 2. The number of benzene rings is 2.